The normalized spacial score (nSPS) is 21.2. The molecule has 1 aliphatic rings. The van der Waals surface area contributed by atoms with Gasteiger partial charge in [-0.25, -0.2) is 0 Å². The van der Waals surface area contributed by atoms with Crippen LogP contribution in [0.1, 0.15) is 42.9 Å². The molecule has 1 saturated heterocycles. The number of carbonyl (C=O) groups is 1. The van der Waals surface area contributed by atoms with Gasteiger partial charge in [-0.15, -0.1) is 0 Å². The monoisotopic (exact) mass is 338 g/mol. The Hall–Kier alpha value is -2.33. The van der Waals surface area contributed by atoms with Gasteiger partial charge in [0.1, 0.15) is 5.75 Å². The predicted molar refractivity (Wildman–Crippen MR) is 99.5 cm³/mol. The Bertz CT molecular complexity index is 700. The number of hydrogen-bond donors (Lipinski definition) is 1. The van der Waals surface area contributed by atoms with Gasteiger partial charge >= 0.3 is 0 Å². The van der Waals surface area contributed by atoms with Crippen LogP contribution in [0.3, 0.4) is 0 Å². The maximum atomic E-state index is 12.7. The number of amides is 1. The van der Waals surface area contributed by atoms with Crippen molar-refractivity contribution >= 4 is 5.91 Å². The largest absolute Gasteiger partial charge is 0.497 e. The molecule has 132 valence electrons. The third-order valence-electron chi connectivity index (χ3n) is 5.10. The minimum Gasteiger partial charge on any atom is -0.497 e. The summed E-state index contributed by atoms with van der Waals surface area (Å²) in [5, 5.41) is 0. The Labute approximate surface area is 149 Å². The van der Waals surface area contributed by atoms with Gasteiger partial charge in [-0.2, -0.15) is 0 Å². The van der Waals surface area contributed by atoms with E-state index in [0.717, 1.165) is 24.3 Å². The molecule has 3 atom stereocenters. The molecule has 4 nitrogen and oxygen atoms in total. The molecule has 2 N–H and O–H groups in total. The lowest BCUT2D eigenvalue weighted by Crippen LogP contribution is -2.35. The maximum Gasteiger partial charge on any atom is 0.224 e. The number of benzene rings is 2. The molecule has 4 heteroatoms. The molecule has 0 aromatic heterocycles. The number of methoxy groups -OCH3 is 1. The third kappa shape index (κ3) is 4.02. The second-order valence-electron chi connectivity index (χ2n) is 6.82. The summed E-state index contributed by atoms with van der Waals surface area (Å²) in [5.74, 6) is 1.37. The number of likely N-dealkylation sites (tertiary alicyclic amines) is 1. The van der Waals surface area contributed by atoms with E-state index in [1.807, 2.05) is 47.4 Å². The SMILES string of the molecule is COc1ccc([C@@H]2C[C@H](C)N(C(=O)C[C@@H](N)c3ccccc3)C2)cc1. The maximum absolute atomic E-state index is 12.7. The number of hydrogen-bond acceptors (Lipinski definition) is 3. The molecule has 1 amide bonds. The van der Waals surface area contributed by atoms with Crippen molar-refractivity contribution in [2.45, 2.75) is 37.8 Å². The highest BCUT2D eigenvalue weighted by Gasteiger charge is 2.33. The van der Waals surface area contributed by atoms with Crippen LogP contribution < -0.4 is 10.5 Å². The van der Waals surface area contributed by atoms with E-state index in [1.165, 1.54) is 5.56 Å². The minimum absolute atomic E-state index is 0.139. The Morgan fingerprint density at radius 3 is 2.52 bits per heavy atom. The number of carbonyl (C=O) groups excluding carboxylic acids is 1. The van der Waals surface area contributed by atoms with Crippen LogP contribution in [0.2, 0.25) is 0 Å². The second kappa shape index (κ2) is 7.70. The zero-order valence-electron chi connectivity index (χ0n) is 14.9. The molecule has 1 aliphatic heterocycles. The molecule has 1 fully saturated rings. The lowest BCUT2D eigenvalue weighted by Gasteiger charge is -2.23. The van der Waals surface area contributed by atoms with Gasteiger partial charge in [0.05, 0.1) is 7.11 Å². The summed E-state index contributed by atoms with van der Waals surface area (Å²) in [6.45, 7) is 2.88. The summed E-state index contributed by atoms with van der Waals surface area (Å²) in [4.78, 5) is 14.7. The van der Waals surface area contributed by atoms with Crippen LogP contribution in [0, 0.1) is 0 Å². The van der Waals surface area contributed by atoms with Crippen molar-refractivity contribution in [3.8, 4) is 5.75 Å². The van der Waals surface area contributed by atoms with E-state index >= 15 is 0 Å². The van der Waals surface area contributed by atoms with E-state index < -0.39 is 0 Å². The number of nitrogens with zero attached hydrogens (tertiary/aromatic N) is 1. The lowest BCUT2D eigenvalue weighted by molar-refractivity contribution is -0.132. The summed E-state index contributed by atoms with van der Waals surface area (Å²) in [7, 11) is 1.67. The first-order chi connectivity index (χ1) is 12.1. The van der Waals surface area contributed by atoms with Crippen LogP contribution in [0.5, 0.6) is 5.75 Å². The number of nitrogens with two attached hydrogens (primary N) is 1. The summed E-state index contributed by atoms with van der Waals surface area (Å²) in [5.41, 5.74) is 8.49. The van der Waals surface area contributed by atoms with Crippen molar-refractivity contribution in [3.63, 3.8) is 0 Å². The van der Waals surface area contributed by atoms with Crippen LogP contribution in [-0.4, -0.2) is 30.5 Å². The molecule has 2 aromatic rings. The van der Waals surface area contributed by atoms with E-state index in [4.69, 9.17) is 10.5 Å². The zero-order chi connectivity index (χ0) is 17.8. The zero-order valence-corrected chi connectivity index (χ0v) is 14.9. The van der Waals surface area contributed by atoms with Crippen molar-refractivity contribution in [1.29, 1.82) is 0 Å². The predicted octanol–water partition coefficient (Wildman–Crippen LogP) is 3.49. The van der Waals surface area contributed by atoms with Gasteiger partial charge in [0.25, 0.3) is 0 Å². The molecule has 3 rings (SSSR count). The fraction of sp³-hybridized carbons (Fsp3) is 0.381. The third-order valence-corrected chi connectivity index (χ3v) is 5.10. The first-order valence-corrected chi connectivity index (χ1v) is 8.82. The van der Waals surface area contributed by atoms with Gasteiger partial charge < -0.3 is 15.4 Å². The first-order valence-electron chi connectivity index (χ1n) is 8.82. The van der Waals surface area contributed by atoms with E-state index in [9.17, 15) is 4.79 Å². The Balaban J connectivity index is 1.63. The van der Waals surface area contributed by atoms with Gasteiger partial charge in [-0.1, -0.05) is 42.5 Å². The average Bonchev–Trinajstić information content (AvgIpc) is 3.04. The van der Waals surface area contributed by atoms with E-state index in [-0.39, 0.29) is 18.0 Å². The summed E-state index contributed by atoms with van der Waals surface area (Å²) < 4.78 is 5.22. The molecule has 25 heavy (non-hydrogen) atoms. The van der Waals surface area contributed by atoms with Crippen molar-refractivity contribution in [3.05, 3.63) is 65.7 Å². The Kier molecular flexibility index (Phi) is 5.39. The van der Waals surface area contributed by atoms with Gasteiger partial charge in [-0.05, 0) is 36.6 Å². The van der Waals surface area contributed by atoms with Gasteiger partial charge in [0, 0.05) is 31.0 Å². The van der Waals surface area contributed by atoms with Crippen LogP contribution in [-0.2, 0) is 4.79 Å². The quantitative estimate of drug-likeness (QED) is 0.908. The fourth-order valence-corrected chi connectivity index (χ4v) is 3.62. The van der Waals surface area contributed by atoms with E-state index in [2.05, 4.69) is 19.1 Å². The number of ether oxygens (including phenoxy) is 1. The van der Waals surface area contributed by atoms with Gasteiger partial charge in [0.15, 0.2) is 0 Å². The smallest absolute Gasteiger partial charge is 0.224 e. The van der Waals surface area contributed by atoms with Gasteiger partial charge in [0.2, 0.25) is 5.91 Å². The van der Waals surface area contributed by atoms with Crippen LogP contribution in [0.25, 0.3) is 0 Å². The topological polar surface area (TPSA) is 55.6 Å². The van der Waals surface area contributed by atoms with Crippen molar-refractivity contribution in [2.75, 3.05) is 13.7 Å². The van der Waals surface area contributed by atoms with Crippen LogP contribution in [0.4, 0.5) is 0 Å². The fourth-order valence-electron chi connectivity index (χ4n) is 3.62. The summed E-state index contributed by atoms with van der Waals surface area (Å²) in [6, 6.07) is 18.0. The first kappa shape index (κ1) is 17.5. The standard InChI is InChI=1S/C21H26N2O2/c1-15-12-18(16-8-10-19(25-2)11-9-16)14-23(15)21(24)13-20(22)17-6-4-3-5-7-17/h3-11,15,18,20H,12-14,22H2,1-2H3/t15-,18+,20+/m0/s1. The number of rotatable bonds is 5. The highest BCUT2D eigenvalue weighted by molar-refractivity contribution is 5.78. The van der Waals surface area contributed by atoms with Crippen LogP contribution >= 0.6 is 0 Å². The molecule has 0 radical (unpaired) electrons. The molecule has 0 aliphatic carbocycles. The van der Waals surface area contributed by atoms with Gasteiger partial charge in [-0.3, -0.25) is 4.79 Å². The van der Waals surface area contributed by atoms with E-state index in [1.54, 1.807) is 7.11 Å². The second-order valence-corrected chi connectivity index (χ2v) is 6.82. The molecule has 0 unspecified atom stereocenters. The molecule has 1 heterocycles. The highest BCUT2D eigenvalue weighted by atomic mass is 16.5. The van der Waals surface area contributed by atoms with Crippen molar-refractivity contribution in [1.82, 2.24) is 4.90 Å². The van der Waals surface area contributed by atoms with Crippen molar-refractivity contribution < 1.29 is 9.53 Å². The van der Waals surface area contributed by atoms with E-state index in [0.29, 0.717) is 12.3 Å². The molecule has 2 aromatic carbocycles. The van der Waals surface area contributed by atoms with Crippen LogP contribution in [0.15, 0.2) is 54.6 Å². The highest BCUT2D eigenvalue weighted by Crippen LogP contribution is 2.33. The molecule has 0 saturated carbocycles. The summed E-state index contributed by atoms with van der Waals surface area (Å²) in [6.07, 6.45) is 1.34. The molecule has 0 spiro atoms. The Morgan fingerprint density at radius 1 is 1.20 bits per heavy atom. The minimum atomic E-state index is -0.249. The lowest BCUT2D eigenvalue weighted by atomic mass is 9.97. The molecular formula is C21H26N2O2. The molecular weight excluding hydrogens is 312 g/mol. The molecule has 0 bridgehead atoms. The average molecular weight is 338 g/mol. The van der Waals surface area contributed by atoms with Crippen molar-refractivity contribution in [2.24, 2.45) is 5.73 Å². The summed E-state index contributed by atoms with van der Waals surface area (Å²) >= 11 is 0. The Morgan fingerprint density at radius 2 is 1.88 bits per heavy atom.